The van der Waals surface area contributed by atoms with Crippen LogP contribution in [0.15, 0.2) is 46.5 Å². The summed E-state index contributed by atoms with van der Waals surface area (Å²) in [7, 11) is 1.55. The molecule has 0 spiro atoms. The van der Waals surface area contributed by atoms with E-state index >= 15 is 0 Å². The molecule has 0 unspecified atom stereocenters. The van der Waals surface area contributed by atoms with Crippen LogP contribution in [0.2, 0.25) is 0 Å². The topological polar surface area (TPSA) is 88.8 Å². The van der Waals surface area contributed by atoms with Crippen molar-refractivity contribution in [3.8, 4) is 17.0 Å². The van der Waals surface area contributed by atoms with E-state index < -0.39 is 29.5 Å². The van der Waals surface area contributed by atoms with E-state index in [1.165, 1.54) is 28.5 Å². The Morgan fingerprint density at radius 1 is 1.27 bits per heavy atom. The van der Waals surface area contributed by atoms with E-state index in [0.29, 0.717) is 26.8 Å². The number of hydrogen-bond acceptors (Lipinski definition) is 6. The zero-order chi connectivity index (χ0) is 23.3. The van der Waals surface area contributed by atoms with Crippen LogP contribution in [0.5, 0.6) is 5.75 Å². The van der Waals surface area contributed by atoms with Gasteiger partial charge in [0.15, 0.2) is 16.5 Å². The Balaban J connectivity index is 1.40. The highest BCUT2D eigenvalue weighted by Crippen LogP contribution is 2.31. The van der Waals surface area contributed by atoms with Crippen molar-refractivity contribution in [2.45, 2.75) is 6.04 Å². The number of pyridine rings is 1. The SMILES string of the molecule is CN1C(=O)[C@@H](NC(=O)c2cn3c(-c4ccc(F)cc4F)csc3n2)COc2ccc(Br)nc21. The molecule has 4 heterocycles. The first-order valence-corrected chi connectivity index (χ1v) is 11.3. The molecule has 33 heavy (non-hydrogen) atoms. The van der Waals surface area contributed by atoms with Gasteiger partial charge in [0.05, 0.1) is 5.69 Å². The zero-order valence-corrected chi connectivity index (χ0v) is 19.3. The number of nitrogens with zero attached hydrogens (tertiary/aromatic N) is 4. The number of rotatable bonds is 3. The van der Waals surface area contributed by atoms with Gasteiger partial charge >= 0.3 is 0 Å². The van der Waals surface area contributed by atoms with Gasteiger partial charge in [0.1, 0.15) is 34.6 Å². The summed E-state index contributed by atoms with van der Waals surface area (Å²) < 4.78 is 35.3. The number of thiazole rings is 1. The summed E-state index contributed by atoms with van der Waals surface area (Å²) in [6, 6.07) is 5.68. The Kier molecular flexibility index (Phi) is 5.33. The van der Waals surface area contributed by atoms with E-state index in [-0.39, 0.29) is 17.9 Å². The lowest BCUT2D eigenvalue weighted by Gasteiger charge is -2.19. The number of nitrogens with one attached hydrogen (secondary N) is 1. The number of amides is 2. The molecule has 0 radical (unpaired) electrons. The van der Waals surface area contributed by atoms with Gasteiger partial charge in [0, 0.05) is 30.3 Å². The van der Waals surface area contributed by atoms with E-state index in [9.17, 15) is 18.4 Å². The number of benzene rings is 1. The third-order valence-corrected chi connectivity index (χ3v) is 6.39. The summed E-state index contributed by atoms with van der Waals surface area (Å²) in [6.07, 6.45) is 1.44. The van der Waals surface area contributed by atoms with E-state index in [0.717, 1.165) is 12.1 Å². The number of carbonyl (C=O) groups is 2. The molecule has 1 aromatic carbocycles. The van der Waals surface area contributed by atoms with E-state index in [4.69, 9.17) is 4.74 Å². The van der Waals surface area contributed by atoms with Gasteiger partial charge in [-0.2, -0.15) is 0 Å². The molecule has 2 amide bonds. The third-order valence-electron chi connectivity index (χ3n) is 5.11. The quantitative estimate of drug-likeness (QED) is 0.406. The minimum Gasteiger partial charge on any atom is -0.487 e. The van der Waals surface area contributed by atoms with Gasteiger partial charge in [-0.3, -0.25) is 18.9 Å². The number of likely N-dealkylation sites (N-methyl/N-ethyl adjacent to an activating group) is 1. The number of aromatic nitrogens is 3. The first kappa shape index (κ1) is 21.5. The number of hydrogen-bond donors (Lipinski definition) is 1. The van der Waals surface area contributed by atoms with Crippen molar-refractivity contribution in [2.75, 3.05) is 18.6 Å². The lowest BCUT2D eigenvalue weighted by molar-refractivity contribution is -0.120. The molecule has 0 fully saturated rings. The third kappa shape index (κ3) is 3.85. The molecular formula is C21H14BrF2N5O3S. The van der Waals surface area contributed by atoms with Gasteiger partial charge in [-0.25, -0.2) is 18.7 Å². The molecule has 0 saturated heterocycles. The number of ether oxygens (including phenoxy) is 1. The molecule has 1 atom stereocenters. The molecule has 4 aromatic rings. The Morgan fingerprint density at radius 3 is 2.88 bits per heavy atom. The second-order valence-corrected chi connectivity index (χ2v) is 8.86. The number of imidazole rings is 1. The minimum atomic E-state index is -0.968. The van der Waals surface area contributed by atoms with Crippen LogP contribution in [0.3, 0.4) is 0 Å². The van der Waals surface area contributed by atoms with Gasteiger partial charge in [-0.15, -0.1) is 11.3 Å². The molecule has 168 valence electrons. The average Bonchev–Trinajstić information content (AvgIpc) is 3.35. The highest BCUT2D eigenvalue weighted by Gasteiger charge is 2.32. The van der Waals surface area contributed by atoms with E-state index in [1.807, 2.05) is 0 Å². The van der Waals surface area contributed by atoms with Crippen molar-refractivity contribution in [1.82, 2.24) is 19.7 Å². The molecule has 0 aliphatic carbocycles. The van der Waals surface area contributed by atoms with Crippen molar-refractivity contribution in [3.63, 3.8) is 0 Å². The number of fused-ring (bicyclic) bond motifs is 2. The Bertz CT molecular complexity index is 1420. The predicted octanol–water partition coefficient (Wildman–Crippen LogP) is 3.65. The molecule has 3 aromatic heterocycles. The van der Waals surface area contributed by atoms with Crippen LogP contribution in [0.4, 0.5) is 14.6 Å². The molecular weight excluding hydrogens is 520 g/mol. The second kappa shape index (κ2) is 8.19. The normalized spacial score (nSPS) is 15.8. The van der Waals surface area contributed by atoms with Crippen LogP contribution in [0.25, 0.3) is 16.2 Å². The maximum absolute atomic E-state index is 14.3. The fourth-order valence-corrected chi connectivity index (χ4v) is 4.64. The predicted molar refractivity (Wildman–Crippen MR) is 121 cm³/mol. The van der Waals surface area contributed by atoms with Gasteiger partial charge < -0.3 is 10.1 Å². The number of carbonyl (C=O) groups excluding carboxylic acids is 2. The maximum Gasteiger partial charge on any atom is 0.272 e. The molecule has 5 rings (SSSR count). The molecule has 0 saturated carbocycles. The van der Waals surface area contributed by atoms with Crippen LogP contribution in [0.1, 0.15) is 10.5 Å². The van der Waals surface area contributed by atoms with Crippen LogP contribution in [-0.4, -0.2) is 45.9 Å². The summed E-state index contributed by atoms with van der Waals surface area (Å²) in [4.78, 5) is 36.1. The van der Waals surface area contributed by atoms with Crippen molar-refractivity contribution < 1.29 is 23.1 Å². The van der Waals surface area contributed by atoms with Gasteiger partial charge in [-0.05, 0) is 40.2 Å². The van der Waals surface area contributed by atoms with Crippen LogP contribution in [-0.2, 0) is 4.79 Å². The molecule has 12 heteroatoms. The number of halogens is 3. The Hall–Kier alpha value is -3.38. The smallest absolute Gasteiger partial charge is 0.272 e. The summed E-state index contributed by atoms with van der Waals surface area (Å²) in [6.45, 7) is -0.0838. The summed E-state index contributed by atoms with van der Waals surface area (Å²) in [5, 5.41) is 4.31. The molecule has 1 aliphatic heterocycles. The van der Waals surface area contributed by atoms with Gasteiger partial charge in [0.25, 0.3) is 11.8 Å². The standard InChI is InChI=1S/C21H14BrF2N5O3S/c1-28-18-16(4-5-17(22)27-18)32-8-14(20(28)31)25-19(30)13-7-29-15(9-33-21(29)26-13)11-3-2-10(23)6-12(11)24/h2-7,9,14H,8H2,1H3,(H,25,30)/t14-/m0/s1. The first-order valence-electron chi connectivity index (χ1n) is 9.61. The van der Waals surface area contributed by atoms with Crippen LogP contribution in [0, 0.1) is 11.6 Å². The average molecular weight is 534 g/mol. The molecule has 1 N–H and O–H groups in total. The van der Waals surface area contributed by atoms with Crippen molar-refractivity contribution in [3.05, 3.63) is 63.8 Å². The first-order chi connectivity index (χ1) is 15.8. The fourth-order valence-electron chi connectivity index (χ4n) is 3.47. The molecule has 1 aliphatic rings. The monoisotopic (exact) mass is 533 g/mol. The molecule has 0 bridgehead atoms. The second-order valence-electron chi connectivity index (χ2n) is 7.21. The van der Waals surface area contributed by atoms with E-state index in [1.54, 1.807) is 29.0 Å². The van der Waals surface area contributed by atoms with Gasteiger partial charge in [-0.1, -0.05) is 0 Å². The maximum atomic E-state index is 14.3. The van der Waals surface area contributed by atoms with Crippen LogP contribution >= 0.6 is 27.3 Å². The van der Waals surface area contributed by atoms with Gasteiger partial charge in [0.2, 0.25) is 0 Å². The van der Waals surface area contributed by atoms with Crippen LogP contribution < -0.4 is 15.0 Å². The highest BCUT2D eigenvalue weighted by atomic mass is 79.9. The van der Waals surface area contributed by atoms with Crippen molar-refractivity contribution >= 4 is 49.9 Å². The van der Waals surface area contributed by atoms with E-state index in [2.05, 4.69) is 31.2 Å². The lowest BCUT2D eigenvalue weighted by Crippen LogP contribution is -2.49. The fraction of sp³-hybridized carbons (Fsp3) is 0.143. The van der Waals surface area contributed by atoms with Crippen molar-refractivity contribution in [1.29, 1.82) is 0 Å². The Morgan fingerprint density at radius 2 is 2.09 bits per heavy atom. The largest absolute Gasteiger partial charge is 0.487 e. The summed E-state index contributed by atoms with van der Waals surface area (Å²) in [5.41, 5.74) is 0.654. The minimum absolute atomic E-state index is 0.0451. The summed E-state index contributed by atoms with van der Waals surface area (Å²) in [5.74, 6) is -1.65. The Labute approximate surface area is 198 Å². The highest BCUT2D eigenvalue weighted by molar-refractivity contribution is 9.10. The number of anilines is 1. The summed E-state index contributed by atoms with van der Waals surface area (Å²) >= 11 is 4.47. The molecule has 8 nitrogen and oxygen atoms in total. The lowest BCUT2D eigenvalue weighted by atomic mass is 10.1. The zero-order valence-electron chi connectivity index (χ0n) is 16.9. The van der Waals surface area contributed by atoms with Crippen molar-refractivity contribution in [2.24, 2.45) is 0 Å².